The van der Waals surface area contributed by atoms with Gasteiger partial charge in [0.2, 0.25) is 11.8 Å². The van der Waals surface area contributed by atoms with E-state index in [1.165, 1.54) is 37.5 Å². The second kappa shape index (κ2) is 13.8. The summed E-state index contributed by atoms with van der Waals surface area (Å²) in [7, 11) is 1.52. The van der Waals surface area contributed by atoms with Crippen LogP contribution in [0, 0.1) is 5.82 Å². The van der Waals surface area contributed by atoms with Gasteiger partial charge in [0.1, 0.15) is 23.3 Å². The summed E-state index contributed by atoms with van der Waals surface area (Å²) in [6.45, 7) is 1.83. The van der Waals surface area contributed by atoms with Crippen LogP contribution in [0.5, 0.6) is 5.75 Å². The van der Waals surface area contributed by atoms with Gasteiger partial charge in [-0.3, -0.25) is 14.4 Å². The van der Waals surface area contributed by atoms with Crippen LogP contribution in [0.3, 0.4) is 0 Å². The van der Waals surface area contributed by atoms with E-state index in [4.69, 9.17) is 15.2 Å². The van der Waals surface area contributed by atoms with Crippen LogP contribution >= 0.6 is 0 Å². The fraction of sp³-hybridized carbons (Fsp3) is 0.286. The number of fused-ring (bicyclic) bond motifs is 1. The number of amides is 3. The summed E-state index contributed by atoms with van der Waals surface area (Å²) in [5.41, 5.74) is 6.75. The molecule has 2 unspecified atom stereocenters. The number of hydrogen-bond donors (Lipinski definition) is 4. The topological polar surface area (TPSA) is 153 Å². The van der Waals surface area contributed by atoms with E-state index in [0.29, 0.717) is 22.2 Å². The molecule has 2 aromatic carbocycles. The maximum atomic E-state index is 13.5. The van der Waals surface area contributed by atoms with Crippen LogP contribution in [0.4, 0.5) is 4.39 Å². The molecule has 11 heteroatoms. The normalized spacial score (nSPS) is 12.6. The van der Waals surface area contributed by atoms with Crippen molar-refractivity contribution in [2.75, 3.05) is 13.7 Å². The third kappa shape index (κ3) is 8.42. The van der Waals surface area contributed by atoms with Crippen LogP contribution in [-0.4, -0.2) is 54.5 Å². The fourth-order valence-electron chi connectivity index (χ4n) is 3.91. The number of H-pyrrole nitrogens is 1. The van der Waals surface area contributed by atoms with Crippen molar-refractivity contribution in [3.63, 3.8) is 0 Å². The average molecular weight is 539 g/mol. The Bertz CT molecular complexity index is 1350. The quantitative estimate of drug-likeness (QED) is 0.194. The molecule has 0 bridgehead atoms. The number of aromatic nitrogens is 1. The molecule has 206 valence electrons. The van der Waals surface area contributed by atoms with E-state index in [-0.39, 0.29) is 31.6 Å². The molecule has 5 N–H and O–H groups in total. The molecule has 0 aliphatic heterocycles. The van der Waals surface area contributed by atoms with E-state index in [1.807, 2.05) is 0 Å². The van der Waals surface area contributed by atoms with Crippen molar-refractivity contribution in [3.8, 4) is 5.75 Å². The van der Waals surface area contributed by atoms with Crippen LogP contribution in [0.2, 0.25) is 0 Å². The molecule has 2 atom stereocenters. The molecule has 3 aromatic rings. The fourth-order valence-corrected chi connectivity index (χ4v) is 3.91. The van der Waals surface area contributed by atoms with Gasteiger partial charge in [-0.25, -0.2) is 9.18 Å². The monoisotopic (exact) mass is 538 g/mol. The van der Waals surface area contributed by atoms with Crippen molar-refractivity contribution >= 4 is 34.6 Å². The number of benzene rings is 2. The number of methoxy groups -OCH3 is 1. The highest BCUT2D eigenvalue weighted by atomic mass is 19.1. The Kier molecular flexibility index (Phi) is 10.2. The Labute approximate surface area is 224 Å². The molecule has 3 amide bonds. The average Bonchev–Trinajstić information content (AvgIpc) is 3.36. The Balaban J connectivity index is 1.84. The number of nitrogens with one attached hydrogen (secondary N) is 3. The Hall–Kier alpha value is -4.67. The summed E-state index contributed by atoms with van der Waals surface area (Å²) < 4.78 is 23.7. The molecule has 0 fully saturated rings. The molecular formula is C28H31FN4O6. The number of primary amides is 1. The van der Waals surface area contributed by atoms with Crippen LogP contribution < -0.4 is 21.1 Å². The first kappa shape index (κ1) is 28.9. The molecule has 0 aliphatic rings. The Morgan fingerprint density at radius 2 is 1.85 bits per heavy atom. The first-order valence-corrected chi connectivity index (χ1v) is 12.3. The maximum Gasteiger partial charge on any atom is 0.330 e. The predicted molar refractivity (Wildman–Crippen MR) is 142 cm³/mol. The third-order valence-electron chi connectivity index (χ3n) is 5.84. The molecule has 0 saturated carbocycles. The number of ether oxygens (including phenoxy) is 2. The van der Waals surface area contributed by atoms with Crippen LogP contribution in [-0.2, 0) is 25.5 Å². The van der Waals surface area contributed by atoms with Gasteiger partial charge in [-0.15, -0.1) is 0 Å². The number of carbonyl (C=O) groups excluding carboxylic acids is 4. The highest BCUT2D eigenvalue weighted by Crippen LogP contribution is 2.26. The van der Waals surface area contributed by atoms with Crippen molar-refractivity contribution in [2.45, 2.75) is 38.3 Å². The SMILES string of the molecule is CCOC(=O)C=CC(CCC(N)=O)NC(=O)C(Cc1ccc(F)cc1)NC(=O)c1cc2c(OC)cccc2[nH]1. The van der Waals surface area contributed by atoms with Gasteiger partial charge in [0, 0.05) is 35.9 Å². The molecule has 39 heavy (non-hydrogen) atoms. The van der Waals surface area contributed by atoms with Crippen molar-refractivity contribution in [2.24, 2.45) is 5.73 Å². The van der Waals surface area contributed by atoms with Gasteiger partial charge in [-0.2, -0.15) is 0 Å². The summed E-state index contributed by atoms with van der Waals surface area (Å²) in [4.78, 5) is 52.7. The second-order valence-electron chi connectivity index (χ2n) is 8.69. The first-order valence-electron chi connectivity index (χ1n) is 12.3. The van der Waals surface area contributed by atoms with Gasteiger partial charge < -0.3 is 30.8 Å². The van der Waals surface area contributed by atoms with Crippen LogP contribution in [0.15, 0.2) is 60.7 Å². The van der Waals surface area contributed by atoms with Crippen LogP contribution in [0.25, 0.3) is 10.9 Å². The first-order chi connectivity index (χ1) is 18.7. The van der Waals surface area contributed by atoms with Crippen molar-refractivity contribution in [3.05, 3.63) is 77.8 Å². The summed E-state index contributed by atoms with van der Waals surface area (Å²) in [5, 5.41) is 6.16. The van der Waals surface area contributed by atoms with E-state index >= 15 is 0 Å². The molecule has 1 aromatic heterocycles. The van der Waals surface area contributed by atoms with E-state index in [9.17, 15) is 23.6 Å². The molecule has 10 nitrogen and oxygen atoms in total. The lowest BCUT2D eigenvalue weighted by Gasteiger charge is -2.22. The van der Waals surface area contributed by atoms with Gasteiger partial charge in [0.25, 0.3) is 5.91 Å². The highest BCUT2D eigenvalue weighted by Gasteiger charge is 2.25. The molecule has 0 spiro atoms. The lowest BCUT2D eigenvalue weighted by molar-refractivity contribution is -0.137. The van der Waals surface area contributed by atoms with E-state index in [2.05, 4.69) is 15.6 Å². The minimum atomic E-state index is -1.08. The maximum absolute atomic E-state index is 13.5. The summed E-state index contributed by atoms with van der Waals surface area (Å²) in [6.07, 6.45) is 2.67. The van der Waals surface area contributed by atoms with Crippen molar-refractivity contribution in [1.29, 1.82) is 0 Å². The molecule has 0 aliphatic carbocycles. The molecule has 0 saturated heterocycles. The predicted octanol–water partition coefficient (Wildman–Crippen LogP) is 2.53. The molecule has 0 radical (unpaired) electrons. The number of aromatic amines is 1. The van der Waals surface area contributed by atoms with Crippen LogP contribution in [0.1, 0.15) is 35.8 Å². The molecule has 3 rings (SSSR count). The number of esters is 1. The molecule has 1 heterocycles. The number of hydrogen-bond acceptors (Lipinski definition) is 6. The van der Waals surface area contributed by atoms with Gasteiger partial charge in [-0.05, 0) is 49.2 Å². The summed E-state index contributed by atoms with van der Waals surface area (Å²) in [5.74, 6) is -2.18. The highest BCUT2D eigenvalue weighted by molar-refractivity contribution is 6.01. The van der Waals surface area contributed by atoms with Crippen molar-refractivity contribution < 1.29 is 33.0 Å². The largest absolute Gasteiger partial charge is 0.496 e. The second-order valence-corrected chi connectivity index (χ2v) is 8.69. The van der Waals surface area contributed by atoms with Crippen molar-refractivity contribution in [1.82, 2.24) is 15.6 Å². The lowest BCUT2D eigenvalue weighted by Crippen LogP contribution is -2.50. The molecular weight excluding hydrogens is 507 g/mol. The standard InChI is InChI=1S/C28H31FN4O6/c1-3-39-26(35)14-12-19(11-13-25(30)34)31-27(36)22(15-17-7-9-18(29)10-8-17)33-28(37)23-16-20-21(32-23)5-4-6-24(20)38-2/h4-10,12,14,16,19,22,32H,3,11,13,15H2,1-2H3,(H2,30,34)(H,31,36)(H,33,37). The smallest absolute Gasteiger partial charge is 0.330 e. The van der Waals surface area contributed by atoms with Gasteiger partial charge in [0.15, 0.2) is 0 Å². The number of halogens is 1. The zero-order valence-electron chi connectivity index (χ0n) is 21.7. The third-order valence-corrected chi connectivity index (χ3v) is 5.84. The zero-order valence-corrected chi connectivity index (χ0v) is 21.7. The number of nitrogens with two attached hydrogens (primary N) is 1. The minimum absolute atomic E-state index is 0.0472. The Morgan fingerprint density at radius 3 is 2.51 bits per heavy atom. The number of carbonyl (C=O) groups is 4. The van der Waals surface area contributed by atoms with E-state index in [0.717, 1.165) is 6.08 Å². The minimum Gasteiger partial charge on any atom is -0.496 e. The van der Waals surface area contributed by atoms with Gasteiger partial charge in [-0.1, -0.05) is 24.3 Å². The van der Waals surface area contributed by atoms with Gasteiger partial charge >= 0.3 is 5.97 Å². The Morgan fingerprint density at radius 1 is 1.10 bits per heavy atom. The van der Waals surface area contributed by atoms with E-state index in [1.54, 1.807) is 31.2 Å². The summed E-state index contributed by atoms with van der Waals surface area (Å²) in [6, 6.07) is 10.7. The number of rotatable bonds is 13. The zero-order chi connectivity index (χ0) is 28.4. The lowest BCUT2D eigenvalue weighted by atomic mass is 10.0. The summed E-state index contributed by atoms with van der Waals surface area (Å²) >= 11 is 0. The van der Waals surface area contributed by atoms with E-state index < -0.39 is 41.6 Å². The van der Waals surface area contributed by atoms with Gasteiger partial charge in [0.05, 0.1) is 13.7 Å².